The Kier molecular flexibility index (Phi) is 2.92. The minimum atomic E-state index is -0.390. The van der Waals surface area contributed by atoms with Crippen LogP contribution in [-0.2, 0) is 4.79 Å². The van der Waals surface area contributed by atoms with E-state index in [1.807, 2.05) is 0 Å². The van der Waals surface area contributed by atoms with Crippen molar-refractivity contribution in [1.82, 2.24) is 10.6 Å². The van der Waals surface area contributed by atoms with E-state index in [4.69, 9.17) is 0 Å². The minimum absolute atomic E-state index is 0.102. The van der Waals surface area contributed by atoms with Crippen LogP contribution in [-0.4, -0.2) is 24.0 Å². The minimum Gasteiger partial charge on any atom is -0.342 e. The molecule has 1 saturated heterocycles. The van der Waals surface area contributed by atoms with Crippen molar-refractivity contribution in [2.45, 2.75) is 52.5 Å². The van der Waals surface area contributed by atoms with Crippen LogP contribution >= 0.6 is 0 Å². The summed E-state index contributed by atoms with van der Waals surface area (Å²) in [6, 6.07) is 0. The lowest BCUT2D eigenvalue weighted by Crippen LogP contribution is -2.45. The van der Waals surface area contributed by atoms with Crippen LogP contribution in [0.4, 0.5) is 0 Å². The number of nitrogens with one attached hydrogen (secondary N) is 2. The number of carbonyl (C=O) groups excluding carboxylic acids is 1. The van der Waals surface area contributed by atoms with Crippen LogP contribution in [0, 0.1) is 11.3 Å². The summed E-state index contributed by atoms with van der Waals surface area (Å²) in [5, 5.41) is 6.20. The molecule has 1 atom stereocenters. The Morgan fingerprint density at radius 2 is 2.06 bits per heavy atom. The number of aliphatic imine (C=N–C) groups is 1. The van der Waals surface area contributed by atoms with E-state index in [0.29, 0.717) is 11.9 Å². The third-order valence-corrected chi connectivity index (χ3v) is 3.65. The van der Waals surface area contributed by atoms with Gasteiger partial charge < -0.3 is 5.32 Å². The lowest BCUT2D eigenvalue weighted by molar-refractivity contribution is -0.124. The van der Waals surface area contributed by atoms with Gasteiger partial charge in [0, 0.05) is 6.54 Å². The van der Waals surface area contributed by atoms with Gasteiger partial charge in [0.2, 0.25) is 0 Å². The highest BCUT2D eigenvalue weighted by Crippen LogP contribution is 2.44. The number of nitrogens with zero attached hydrogens (tertiary/aromatic N) is 1. The molecular formula is C13H23N3O. The molecule has 2 N–H and O–H groups in total. The zero-order chi connectivity index (χ0) is 12.7. The zero-order valence-corrected chi connectivity index (χ0v) is 11.3. The Balaban J connectivity index is 2.08. The first kappa shape index (κ1) is 12.4. The van der Waals surface area contributed by atoms with Gasteiger partial charge >= 0.3 is 0 Å². The normalized spacial score (nSPS) is 33.5. The van der Waals surface area contributed by atoms with E-state index < -0.39 is 0 Å². The fourth-order valence-corrected chi connectivity index (χ4v) is 2.74. The highest BCUT2D eigenvalue weighted by molar-refractivity contribution is 6.09. The molecule has 1 saturated carbocycles. The largest absolute Gasteiger partial charge is 0.342 e. The number of amides is 1. The summed E-state index contributed by atoms with van der Waals surface area (Å²) in [4.78, 5) is 16.5. The van der Waals surface area contributed by atoms with Crippen molar-refractivity contribution >= 4 is 11.9 Å². The Labute approximate surface area is 103 Å². The molecule has 0 aromatic carbocycles. The van der Waals surface area contributed by atoms with Crippen molar-refractivity contribution in [3.8, 4) is 0 Å². The van der Waals surface area contributed by atoms with Gasteiger partial charge in [0.1, 0.15) is 5.54 Å². The van der Waals surface area contributed by atoms with E-state index in [1.165, 1.54) is 0 Å². The number of guanidine groups is 1. The SMILES string of the molecule is CC(C)CN=C1NC(=O)C2(CCC(C)(C)C2)N1. The van der Waals surface area contributed by atoms with E-state index >= 15 is 0 Å². The van der Waals surface area contributed by atoms with Crippen molar-refractivity contribution in [3.05, 3.63) is 0 Å². The molecule has 2 aliphatic rings. The van der Waals surface area contributed by atoms with E-state index in [1.54, 1.807) is 0 Å². The van der Waals surface area contributed by atoms with Crippen LogP contribution in [0.25, 0.3) is 0 Å². The number of rotatable bonds is 2. The molecule has 1 amide bonds. The van der Waals surface area contributed by atoms with Crippen LogP contribution in [0.2, 0.25) is 0 Å². The molecule has 0 aromatic heterocycles. The fourth-order valence-electron chi connectivity index (χ4n) is 2.74. The second-order valence-corrected chi connectivity index (χ2v) is 6.59. The van der Waals surface area contributed by atoms with Crippen LogP contribution in [0.1, 0.15) is 47.0 Å². The summed E-state index contributed by atoms with van der Waals surface area (Å²) in [6.45, 7) is 9.44. The van der Waals surface area contributed by atoms with Gasteiger partial charge in [-0.25, -0.2) is 0 Å². The molecular weight excluding hydrogens is 214 g/mol. The summed E-state index contributed by atoms with van der Waals surface area (Å²) in [5.41, 5.74) is -0.142. The first-order valence-corrected chi connectivity index (χ1v) is 6.47. The zero-order valence-electron chi connectivity index (χ0n) is 11.3. The van der Waals surface area contributed by atoms with Crippen molar-refractivity contribution in [2.24, 2.45) is 16.3 Å². The third kappa shape index (κ3) is 2.45. The summed E-state index contributed by atoms with van der Waals surface area (Å²) >= 11 is 0. The van der Waals surface area contributed by atoms with E-state index in [0.717, 1.165) is 25.8 Å². The molecule has 1 aliphatic carbocycles. The third-order valence-electron chi connectivity index (χ3n) is 3.65. The fraction of sp³-hybridized carbons (Fsp3) is 0.846. The van der Waals surface area contributed by atoms with Crippen LogP contribution in [0.15, 0.2) is 4.99 Å². The number of hydrogen-bond donors (Lipinski definition) is 2. The molecule has 96 valence electrons. The van der Waals surface area contributed by atoms with Gasteiger partial charge in [-0.1, -0.05) is 27.7 Å². The average molecular weight is 237 g/mol. The van der Waals surface area contributed by atoms with E-state index in [9.17, 15) is 4.79 Å². The van der Waals surface area contributed by atoms with E-state index in [-0.39, 0.29) is 16.9 Å². The molecule has 0 bridgehead atoms. The van der Waals surface area contributed by atoms with Gasteiger partial charge in [0.25, 0.3) is 5.91 Å². The molecule has 2 fully saturated rings. The van der Waals surface area contributed by atoms with Gasteiger partial charge in [-0.3, -0.25) is 15.1 Å². The van der Waals surface area contributed by atoms with E-state index in [2.05, 4.69) is 43.3 Å². The quantitative estimate of drug-likeness (QED) is 0.767. The van der Waals surface area contributed by atoms with Gasteiger partial charge in [-0.05, 0) is 30.6 Å². The first-order chi connectivity index (χ1) is 7.83. The Hall–Kier alpha value is -1.06. The molecule has 4 heteroatoms. The summed E-state index contributed by atoms with van der Waals surface area (Å²) in [5.74, 6) is 1.28. The summed E-state index contributed by atoms with van der Waals surface area (Å²) < 4.78 is 0. The topological polar surface area (TPSA) is 53.5 Å². The summed E-state index contributed by atoms with van der Waals surface area (Å²) in [7, 11) is 0. The molecule has 1 aliphatic heterocycles. The van der Waals surface area contributed by atoms with Crippen molar-refractivity contribution in [2.75, 3.05) is 6.54 Å². The molecule has 1 heterocycles. The Morgan fingerprint density at radius 3 is 2.59 bits per heavy atom. The predicted octanol–water partition coefficient (Wildman–Crippen LogP) is 1.67. The maximum absolute atomic E-state index is 12.1. The van der Waals surface area contributed by atoms with Gasteiger partial charge in [0.05, 0.1) is 0 Å². The number of carbonyl (C=O) groups is 1. The van der Waals surface area contributed by atoms with Crippen molar-refractivity contribution in [3.63, 3.8) is 0 Å². The second kappa shape index (κ2) is 4.00. The van der Waals surface area contributed by atoms with Gasteiger partial charge in [0.15, 0.2) is 5.96 Å². The second-order valence-electron chi connectivity index (χ2n) is 6.59. The molecule has 0 aromatic rings. The van der Waals surface area contributed by atoms with Gasteiger partial charge in [-0.15, -0.1) is 0 Å². The first-order valence-electron chi connectivity index (χ1n) is 6.47. The smallest absolute Gasteiger partial charge is 0.252 e. The monoisotopic (exact) mass is 237 g/mol. The Morgan fingerprint density at radius 1 is 1.35 bits per heavy atom. The van der Waals surface area contributed by atoms with Gasteiger partial charge in [-0.2, -0.15) is 0 Å². The Bertz CT molecular complexity index is 360. The van der Waals surface area contributed by atoms with Crippen LogP contribution in [0.5, 0.6) is 0 Å². The molecule has 0 radical (unpaired) electrons. The van der Waals surface area contributed by atoms with Crippen molar-refractivity contribution < 1.29 is 4.79 Å². The average Bonchev–Trinajstić information content (AvgIpc) is 2.66. The molecule has 4 nitrogen and oxygen atoms in total. The summed E-state index contributed by atoms with van der Waals surface area (Å²) in [6.07, 6.45) is 2.89. The molecule has 1 unspecified atom stereocenters. The highest BCUT2D eigenvalue weighted by atomic mass is 16.2. The molecule has 2 rings (SSSR count). The van der Waals surface area contributed by atoms with Crippen LogP contribution in [0.3, 0.4) is 0 Å². The molecule has 1 spiro atoms. The lowest BCUT2D eigenvalue weighted by Gasteiger charge is -2.23. The predicted molar refractivity (Wildman–Crippen MR) is 68.8 cm³/mol. The highest BCUT2D eigenvalue weighted by Gasteiger charge is 2.52. The van der Waals surface area contributed by atoms with Crippen LogP contribution < -0.4 is 10.6 Å². The molecule has 17 heavy (non-hydrogen) atoms. The van der Waals surface area contributed by atoms with Crippen molar-refractivity contribution in [1.29, 1.82) is 0 Å². The maximum Gasteiger partial charge on any atom is 0.252 e. The number of hydrogen-bond acceptors (Lipinski definition) is 2. The standard InChI is InChI=1S/C13H23N3O/c1-9(2)7-14-11-15-10(17)13(16-11)6-5-12(3,4)8-13/h9H,5-8H2,1-4H3,(H2,14,15,16,17). The maximum atomic E-state index is 12.1. The lowest BCUT2D eigenvalue weighted by atomic mass is 9.88.